The minimum absolute atomic E-state index is 0. The molecule has 0 aliphatic carbocycles. The highest BCUT2D eigenvalue weighted by Crippen LogP contribution is 2.43. The lowest BCUT2D eigenvalue weighted by Gasteiger charge is -2.49. The Hall–Kier alpha value is -3.17. The number of rotatable bonds is 4. The fourth-order valence-electron chi connectivity index (χ4n) is 5.80. The van der Waals surface area contributed by atoms with Gasteiger partial charge in [-0.05, 0) is 55.2 Å². The van der Waals surface area contributed by atoms with Crippen molar-refractivity contribution in [3.63, 3.8) is 0 Å². The van der Waals surface area contributed by atoms with Gasteiger partial charge < -0.3 is 14.9 Å². The van der Waals surface area contributed by atoms with E-state index < -0.39 is 35.1 Å². The van der Waals surface area contributed by atoms with E-state index in [1.54, 1.807) is 41.6 Å². The highest BCUT2D eigenvalue weighted by Gasteiger charge is 2.52. The molecule has 5 rings (SSSR count). The average molecular weight is 530 g/mol. The van der Waals surface area contributed by atoms with Crippen molar-refractivity contribution in [2.75, 3.05) is 24.5 Å². The summed E-state index contributed by atoms with van der Waals surface area (Å²) in [6, 6.07) is 11.9. The summed E-state index contributed by atoms with van der Waals surface area (Å²) < 4.78 is 28.6. The number of carbonyl (C=O) groups is 1. The maximum Gasteiger partial charge on any atom is 0.228 e. The van der Waals surface area contributed by atoms with Gasteiger partial charge in [-0.3, -0.25) is 9.78 Å². The Morgan fingerprint density at radius 2 is 1.89 bits per heavy atom. The number of pyridine rings is 1. The van der Waals surface area contributed by atoms with Crippen LogP contribution in [0.4, 0.5) is 14.6 Å². The molecule has 196 valence electrons. The second-order valence-corrected chi connectivity index (χ2v) is 9.80. The third-order valence-electron chi connectivity index (χ3n) is 7.90. The molecule has 10 heteroatoms. The summed E-state index contributed by atoms with van der Waals surface area (Å²) in [5, 5.41) is 19.9. The zero-order valence-corrected chi connectivity index (χ0v) is 21.5. The van der Waals surface area contributed by atoms with Crippen LogP contribution in [0, 0.1) is 23.5 Å². The Labute approximate surface area is 221 Å². The Morgan fingerprint density at radius 1 is 1.08 bits per heavy atom. The summed E-state index contributed by atoms with van der Waals surface area (Å²) in [7, 11) is 0. The fraction of sp³-hybridized carbons (Fsp3) is 0.407. The first-order valence-corrected chi connectivity index (χ1v) is 12.2. The van der Waals surface area contributed by atoms with Crippen LogP contribution < -0.4 is 4.90 Å². The number of amides is 1. The molecule has 7 nitrogen and oxygen atoms in total. The van der Waals surface area contributed by atoms with Gasteiger partial charge in [-0.2, -0.15) is 5.10 Å². The number of aromatic nitrogens is 3. The molecule has 5 atom stereocenters. The van der Waals surface area contributed by atoms with Crippen LogP contribution in [-0.2, 0) is 10.4 Å². The van der Waals surface area contributed by atoms with E-state index in [4.69, 9.17) is 0 Å². The largest absolute Gasteiger partial charge is 0.381 e. The third kappa shape index (κ3) is 4.78. The summed E-state index contributed by atoms with van der Waals surface area (Å²) in [5.41, 5.74) is -0.509. The molecule has 2 aromatic heterocycles. The van der Waals surface area contributed by atoms with E-state index in [-0.39, 0.29) is 24.2 Å². The number of likely N-dealkylation sites (tertiary alicyclic amines) is 1. The quantitative estimate of drug-likeness (QED) is 0.551. The topological polar surface area (TPSA) is 82.5 Å². The molecule has 0 radical (unpaired) electrons. The van der Waals surface area contributed by atoms with Crippen LogP contribution in [0.1, 0.15) is 37.4 Å². The van der Waals surface area contributed by atoms with Gasteiger partial charge in [0.1, 0.15) is 17.2 Å². The molecule has 1 aromatic carbocycles. The van der Waals surface area contributed by atoms with E-state index in [2.05, 4.69) is 15.2 Å². The van der Waals surface area contributed by atoms with Crippen molar-refractivity contribution in [3.8, 4) is 0 Å². The average Bonchev–Trinajstić information content (AvgIpc) is 3.33. The molecule has 37 heavy (non-hydrogen) atoms. The van der Waals surface area contributed by atoms with Crippen molar-refractivity contribution in [3.05, 3.63) is 83.8 Å². The van der Waals surface area contributed by atoms with Crippen LogP contribution in [0.5, 0.6) is 0 Å². The minimum atomic E-state index is -1.32. The number of halogens is 3. The first kappa shape index (κ1) is 26.9. The van der Waals surface area contributed by atoms with Gasteiger partial charge in [0, 0.05) is 44.0 Å². The highest BCUT2D eigenvalue weighted by molar-refractivity contribution is 5.85. The lowest BCUT2D eigenvalue weighted by Crippen LogP contribution is -2.60. The van der Waals surface area contributed by atoms with Gasteiger partial charge in [0.25, 0.3) is 0 Å². The molecular formula is C27H30ClF2N5O2. The van der Waals surface area contributed by atoms with Crippen molar-refractivity contribution in [1.82, 2.24) is 20.1 Å². The molecule has 1 amide bonds. The van der Waals surface area contributed by atoms with Gasteiger partial charge in [-0.1, -0.05) is 19.1 Å². The molecule has 2 fully saturated rings. The molecule has 0 unspecified atom stereocenters. The van der Waals surface area contributed by atoms with Gasteiger partial charge in [-0.15, -0.1) is 17.5 Å². The smallest absolute Gasteiger partial charge is 0.228 e. The molecule has 0 saturated carbocycles. The van der Waals surface area contributed by atoms with Crippen LogP contribution in [0.25, 0.3) is 0 Å². The summed E-state index contributed by atoms with van der Waals surface area (Å²) >= 11 is 0. The molecule has 0 spiro atoms. The zero-order valence-electron chi connectivity index (χ0n) is 20.7. The predicted molar refractivity (Wildman–Crippen MR) is 137 cm³/mol. The summed E-state index contributed by atoms with van der Waals surface area (Å²) in [5.74, 6) is -2.18. The maximum absolute atomic E-state index is 14.9. The molecule has 4 heterocycles. The predicted octanol–water partition coefficient (Wildman–Crippen LogP) is 3.94. The van der Waals surface area contributed by atoms with Gasteiger partial charge in [0.15, 0.2) is 5.82 Å². The SMILES string of the molecule is C[C@@H]1N(C(=O)[C@@H]2CN(c3cccnn3)C[C@H]2c2ccc(F)cc2F)CC[C@H](C)[C@@]1(O)c1ccccn1.Cl. The standard InChI is InChI=1S/C27H29F2N5O2.ClH/c1-17-10-13-34(18(2)27(17,36)24-6-3-4-11-30-24)26(35)22-16-33(25-7-5-12-31-32-25)15-21(22)20-9-8-19(28)14-23(20)29;/h3-9,11-12,14,17-18,21-22,36H,10,13,15-16H2,1-2H3;1H/t17-,18-,21-,22+,27-;/m0./s1. The van der Waals surface area contributed by atoms with E-state index in [0.29, 0.717) is 43.1 Å². The number of hydrogen-bond acceptors (Lipinski definition) is 6. The third-order valence-corrected chi connectivity index (χ3v) is 7.90. The van der Waals surface area contributed by atoms with E-state index >= 15 is 0 Å². The van der Waals surface area contributed by atoms with Gasteiger partial charge in [0.05, 0.1) is 17.7 Å². The van der Waals surface area contributed by atoms with Crippen molar-refractivity contribution >= 4 is 24.1 Å². The van der Waals surface area contributed by atoms with Gasteiger partial charge >= 0.3 is 0 Å². The monoisotopic (exact) mass is 529 g/mol. The molecular weight excluding hydrogens is 500 g/mol. The second kappa shape index (κ2) is 10.7. The highest BCUT2D eigenvalue weighted by atomic mass is 35.5. The Balaban J connectivity index is 0.00000320. The van der Waals surface area contributed by atoms with Crippen molar-refractivity contribution in [1.29, 1.82) is 0 Å². The normalized spacial score (nSPS) is 27.6. The van der Waals surface area contributed by atoms with E-state index in [0.717, 1.165) is 6.07 Å². The summed E-state index contributed by atoms with van der Waals surface area (Å²) in [6.45, 7) is 4.91. The number of piperidine rings is 1. The molecule has 2 aliphatic heterocycles. The number of nitrogens with zero attached hydrogens (tertiary/aromatic N) is 5. The minimum Gasteiger partial charge on any atom is -0.381 e. The van der Waals surface area contributed by atoms with Crippen LogP contribution in [0.3, 0.4) is 0 Å². The summed E-state index contributed by atoms with van der Waals surface area (Å²) in [4.78, 5) is 22.1. The number of carbonyl (C=O) groups excluding carboxylic acids is 1. The Bertz CT molecular complexity index is 1240. The lowest BCUT2D eigenvalue weighted by atomic mass is 9.74. The molecule has 0 bridgehead atoms. The number of hydrogen-bond donors (Lipinski definition) is 1. The van der Waals surface area contributed by atoms with Crippen LogP contribution in [0.15, 0.2) is 60.9 Å². The van der Waals surface area contributed by atoms with E-state index in [1.807, 2.05) is 24.8 Å². The zero-order chi connectivity index (χ0) is 25.4. The first-order valence-electron chi connectivity index (χ1n) is 12.2. The Morgan fingerprint density at radius 3 is 2.57 bits per heavy atom. The van der Waals surface area contributed by atoms with Crippen molar-refractivity contribution < 1.29 is 18.7 Å². The summed E-state index contributed by atoms with van der Waals surface area (Å²) in [6.07, 6.45) is 3.80. The maximum atomic E-state index is 14.9. The van der Waals surface area contributed by atoms with Gasteiger partial charge in [-0.25, -0.2) is 8.78 Å². The van der Waals surface area contributed by atoms with Crippen LogP contribution in [0.2, 0.25) is 0 Å². The molecule has 3 aromatic rings. The Kier molecular flexibility index (Phi) is 7.75. The van der Waals surface area contributed by atoms with Crippen LogP contribution in [-0.4, -0.2) is 56.8 Å². The van der Waals surface area contributed by atoms with Crippen LogP contribution >= 0.6 is 12.4 Å². The van der Waals surface area contributed by atoms with Gasteiger partial charge in [0.2, 0.25) is 5.91 Å². The number of benzene rings is 1. The van der Waals surface area contributed by atoms with Crippen molar-refractivity contribution in [2.45, 2.75) is 37.8 Å². The molecule has 2 saturated heterocycles. The second-order valence-electron chi connectivity index (χ2n) is 9.80. The van der Waals surface area contributed by atoms with Crippen molar-refractivity contribution in [2.24, 2.45) is 11.8 Å². The molecule has 2 aliphatic rings. The number of aliphatic hydroxyl groups is 1. The number of anilines is 1. The van der Waals surface area contributed by atoms with E-state index in [9.17, 15) is 18.7 Å². The first-order chi connectivity index (χ1) is 17.3. The fourth-order valence-corrected chi connectivity index (χ4v) is 5.80. The van der Waals surface area contributed by atoms with E-state index in [1.165, 1.54) is 12.1 Å². The molecule has 1 N–H and O–H groups in total. The lowest BCUT2D eigenvalue weighted by molar-refractivity contribution is -0.160.